The van der Waals surface area contributed by atoms with Crippen LogP contribution in [0.1, 0.15) is 131 Å². The third-order valence-corrected chi connectivity index (χ3v) is 13.9. The molecule has 0 saturated heterocycles. The Balaban J connectivity index is 1.09. The molecule has 7 rings (SSSR count). The van der Waals surface area contributed by atoms with Gasteiger partial charge in [-0.1, -0.05) is 27.2 Å². The first kappa shape index (κ1) is 49.6. The highest BCUT2D eigenvalue weighted by Gasteiger charge is 2.46. The number of carbonyl (C=O) groups excluding carboxylic acids is 7. The molecule has 0 spiro atoms. The zero-order valence-electron chi connectivity index (χ0n) is 39.1. The predicted octanol–water partition coefficient (Wildman–Crippen LogP) is 2.85. The largest absolute Gasteiger partial charge is 0.458 e. The SMILES string of the molecule is CC[C@@]1(O)C(=O)OCc2c1cc1n(c2=O)Cc2c-1nc1cc(F)c(C)c3c1c2[C@@H](NC(=O)CCCN(C(=O)[C@@H](NC(=O)CCCCCN1C(=O)C=CC1=O)C(C)C)[C@@H](CCCCN)C(N)=O)CC3. The molecule has 0 saturated carbocycles. The Labute approximate surface area is 393 Å². The van der Waals surface area contributed by atoms with Crippen LogP contribution in [0.25, 0.3) is 22.3 Å². The van der Waals surface area contributed by atoms with Crippen molar-refractivity contribution in [3.63, 3.8) is 0 Å². The Morgan fingerprint density at radius 1 is 0.985 bits per heavy atom. The van der Waals surface area contributed by atoms with Crippen LogP contribution in [0.5, 0.6) is 0 Å². The van der Waals surface area contributed by atoms with Gasteiger partial charge in [-0.15, -0.1) is 0 Å². The van der Waals surface area contributed by atoms with E-state index >= 15 is 4.39 Å². The van der Waals surface area contributed by atoms with E-state index in [0.717, 1.165) is 10.5 Å². The lowest BCUT2D eigenvalue weighted by molar-refractivity contribution is -0.172. The minimum absolute atomic E-state index is 0.0372. The van der Waals surface area contributed by atoms with Crippen molar-refractivity contribution >= 4 is 52.3 Å². The first-order valence-corrected chi connectivity index (χ1v) is 23.6. The van der Waals surface area contributed by atoms with Crippen LogP contribution in [0.4, 0.5) is 4.39 Å². The summed E-state index contributed by atoms with van der Waals surface area (Å²) in [5.41, 5.74) is 13.1. The number of pyridine rings is 2. The van der Waals surface area contributed by atoms with E-state index in [0.29, 0.717) is 90.5 Å². The topological polar surface area (TPSA) is 266 Å². The van der Waals surface area contributed by atoms with Crippen LogP contribution < -0.4 is 27.7 Å². The normalized spacial score (nSPS) is 18.9. The Kier molecular flexibility index (Phi) is 14.9. The second kappa shape index (κ2) is 20.5. The molecule has 2 aromatic heterocycles. The maximum Gasteiger partial charge on any atom is 0.343 e. The molecule has 4 atom stereocenters. The van der Waals surface area contributed by atoms with Crippen LogP contribution in [0.15, 0.2) is 29.1 Å². The van der Waals surface area contributed by atoms with Gasteiger partial charge in [0, 0.05) is 60.7 Å². The number of benzene rings is 1. The fourth-order valence-electron chi connectivity index (χ4n) is 10.1. The van der Waals surface area contributed by atoms with Crippen molar-refractivity contribution in [2.24, 2.45) is 17.4 Å². The van der Waals surface area contributed by atoms with Crippen molar-refractivity contribution in [1.29, 1.82) is 0 Å². The number of esters is 1. The van der Waals surface area contributed by atoms with Crippen LogP contribution >= 0.6 is 0 Å². The van der Waals surface area contributed by atoms with Crippen LogP contribution in [0.2, 0.25) is 0 Å². The van der Waals surface area contributed by atoms with Crippen LogP contribution in [-0.2, 0) is 63.5 Å². The smallest absolute Gasteiger partial charge is 0.343 e. The van der Waals surface area contributed by atoms with E-state index in [9.17, 15) is 43.5 Å². The number of primary amides is 1. The van der Waals surface area contributed by atoms with E-state index in [1.807, 2.05) is 0 Å². The van der Waals surface area contributed by atoms with E-state index in [1.165, 1.54) is 27.7 Å². The Bertz CT molecular complexity index is 2640. The summed E-state index contributed by atoms with van der Waals surface area (Å²) < 4.78 is 22.2. The maximum atomic E-state index is 15.5. The number of aromatic nitrogens is 2. The highest BCUT2D eigenvalue weighted by atomic mass is 19.1. The monoisotopic (exact) mass is 940 g/mol. The number of unbranched alkanes of at least 4 members (excludes halogenated alkanes) is 3. The first-order chi connectivity index (χ1) is 32.4. The number of ether oxygens (including phenoxy) is 1. The minimum Gasteiger partial charge on any atom is -0.458 e. The number of aliphatic hydroxyl groups is 1. The number of cyclic esters (lactones) is 1. The van der Waals surface area contributed by atoms with Crippen molar-refractivity contribution in [2.75, 3.05) is 19.6 Å². The van der Waals surface area contributed by atoms with Crippen molar-refractivity contribution < 1.29 is 47.8 Å². The molecule has 7 N–H and O–H groups in total. The molecule has 0 radical (unpaired) electrons. The molecular formula is C49H61FN8O10. The quantitative estimate of drug-likeness (QED) is 0.0459. The Morgan fingerprint density at radius 3 is 2.38 bits per heavy atom. The van der Waals surface area contributed by atoms with Crippen molar-refractivity contribution in [3.8, 4) is 11.4 Å². The van der Waals surface area contributed by atoms with Gasteiger partial charge in [-0.2, -0.15) is 0 Å². The van der Waals surface area contributed by atoms with Gasteiger partial charge >= 0.3 is 5.97 Å². The third-order valence-electron chi connectivity index (χ3n) is 13.9. The minimum atomic E-state index is -2.05. The molecule has 1 aromatic carbocycles. The second-order valence-corrected chi connectivity index (χ2v) is 18.6. The number of nitrogens with one attached hydrogen (secondary N) is 2. The summed E-state index contributed by atoms with van der Waals surface area (Å²) in [6.45, 7) is 7.18. The molecule has 19 heteroatoms. The number of hydrogen-bond acceptors (Lipinski definition) is 12. The lowest BCUT2D eigenvalue weighted by atomic mass is 9.81. The number of imide groups is 1. The highest BCUT2D eigenvalue weighted by Crippen LogP contribution is 2.46. The number of hydrogen-bond donors (Lipinski definition) is 5. The number of nitrogens with zero attached hydrogens (tertiary/aromatic N) is 4. The van der Waals surface area contributed by atoms with Crippen molar-refractivity contribution in [1.82, 2.24) is 30.0 Å². The fourth-order valence-corrected chi connectivity index (χ4v) is 10.1. The molecule has 0 bridgehead atoms. The highest BCUT2D eigenvalue weighted by molar-refractivity contribution is 6.12. The summed E-state index contributed by atoms with van der Waals surface area (Å²) in [6.07, 6.45) is 6.18. The van der Waals surface area contributed by atoms with Gasteiger partial charge < -0.3 is 41.4 Å². The number of nitrogens with two attached hydrogens (primary N) is 2. The third kappa shape index (κ3) is 9.54. The van der Waals surface area contributed by atoms with Gasteiger partial charge in [-0.05, 0) is 99.9 Å². The molecule has 5 heterocycles. The van der Waals surface area contributed by atoms with Gasteiger partial charge in [0.1, 0.15) is 24.5 Å². The molecule has 0 fully saturated rings. The molecular weight excluding hydrogens is 880 g/mol. The van der Waals surface area contributed by atoms with E-state index in [4.69, 9.17) is 21.2 Å². The van der Waals surface area contributed by atoms with Crippen molar-refractivity contribution in [3.05, 3.63) is 73.8 Å². The summed E-state index contributed by atoms with van der Waals surface area (Å²) in [7, 11) is 0. The van der Waals surface area contributed by atoms with Crippen LogP contribution in [0, 0.1) is 18.7 Å². The van der Waals surface area contributed by atoms with Crippen LogP contribution in [-0.4, -0.2) is 97.6 Å². The number of amides is 6. The van der Waals surface area contributed by atoms with Crippen molar-refractivity contribution in [2.45, 2.75) is 142 Å². The van der Waals surface area contributed by atoms with Gasteiger partial charge in [0.2, 0.25) is 23.6 Å². The molecule has 1 aliphatic carbocycles. The Morgan fingerprint density at radius 2 is 1.71 bits per heavy atom. The van der Waals surface area contributed by atoms with Gasteiger partial charge in [0.15, 0.2) is 5.60 Å². The molecule has 68 heavy (non-hydrogen) atoms. The van der Waals surface area contributed by atoms with Crippen LogP contribution in [0.3, 0.4) is 0 Å². The number of halogens is 1. The van der Waals surface area contributed by atoms with Gasteiger partial charge in [-0.25, -0.2) is 14.2 Å². The zero-order chi connectivity index (χ0) is 49.2. The summed E-state index contributed by atoms with van der Waals surface area (Å²) in [5.74, 6) is -4.43. The lowest BCUT2D eigenvalue weighted by Crippen LogP contribution is -2.57. The summed E-state index contributed by atoms with van der Waals surface area (Å²) >= 11 is 0. The average molecular weight is 941 g/mol. The van der Waals surface area contributed by atoms with E-state index in [1.54, 1.807) is 33.8 Å². The summed E-state index contributed by atoms with van der Waals surface area (Å²) in [6, 6.07) is 0.275. The average Bonchev–Trinajstić information content (AvgIpc) is 3.84. The molecule has 3 aliphatic heterocycles. The Hall–Kier alpha value is -6.34. The fraction of sp³-hybridized carbons (Fsp3) is 0.531. The molecule has 6 amide bonds. The lowest BCUT2D eigenvalue weighted by Gasteiger charge is -2.34. The molecule has 3 aromatic rings. The number of fused-ring (bicyclic) bond motifs is 5. The van der Waals surface area contributed by atoms with E-state index in [2.05, 4.69) is 10.6 Å². The maximum absolute atomic E-state index is 15.5. The van der Waals surface area contributed by atoms with Gasteiger partial charge in [-0.3, -0.25) is 38.5 Å². The summed E-state index contributed by atoms with van der Waals surface area (Å²) in [5, 5.41) is 18.1. The van der Waals surface area contributed by atoms with E-state index < -0.39 is 52.9 Å². The number of aryl methyl sites for hydroxylation is 1. The zero-order valence-corrected chi connectivity index (χ0v) is 39.1. The first-order valence-electron chi connectivity index (χ1n) is 23.6. The van der Waals surface area contributed by atoms with E-state index in [-0.39, 0.29) is 99.0 Å². The van der Waals surface area contributed by atoms with Gasteiger partial charge in [0.05, 0.1) is 35.1 Å². The standard InChI is InChI=1S/C49H61FN8O10/c1-5-49(67)31-22-36-44-29(24-58(36)46(64)30(31)25-68-48(49)66)42-33(16-15-28-27(4)32(50)23-34(54-44)41(28)42)53-37(59)14-11-21-56(35(45(52)63)12-8-9-19-51)47(65)43(26(2)3)55-38(60)13-7-6-10-20-57-39(61)17-18-40(57)62/h17-18,22-23,26,33,35,43,67H,5-16,19-21,24-25,51H2,1-4H3,(H2,52,63)(H,53,59)(H,55,60)/t33-,35-,43-,49-/m0/s1. The second-order valence-electron chi connectivity index (χ2n) is 18.6. The molecule has 364 valence electrons. The molecule has 0 unspecified atom stereocenters. The van der Waals surface area contributed by atoms with Gasteiger partial charge in [0.25, 0.3) is 17.4 Å². The number of rotatable bonds is 21. The summed E-state index contributed by atoms with van der Waals surface area (Å²) in [4.78, 5) is 113. The molecule has 4 aliphatic rings. The predicted molar refractivity (Wildman–Crippen MR) is 246 cm³/mol. The number of carbonyl (C=O) groups is 7. The molecule has 18 nitrogen and oxygen atoms in total.